The summed E-state index contributed by atoms with van der Waals surface area (Å²) < 4.78 is 11.1. The van der Waals surface area contributed by atoms with Crippen molar-refractivity contribution in [1.29, 1.82) is 0 Å². The molecule has 0 saturated carbocycles. The number of carbonyl (C=O) groups is 3. The highest BCUT2D eigenvalue weighted by molar-refractivity contribution is 6.01. The maximum absolute atomic E-state index is 12.4. The van der Waals surface area contributed by atoms with Gasteiger partial charge in [-0.15, -0.1) is 0 Å². The number of rotatable bonds is 7. The predicted molar refractivity (Wildman–Crippen MR) is 112 cm³/mol. The molecule has 2 amide bonds. The minimum atomic E-state index is -0.338. The molecule has 2 aromatic heterocycles. The Bertz CT molecular complexity index is 1120. The maximum atomic E-state index is 12.4. The zero-order chi connectivity index (χ0) is 21.8. The molecule has 0 radical (unpaired) electrons. The molecule has 8 nitrogen and oxygen atoms in total. The van der Waals surface area contributed by atoms with Crippen LogP contribution in [0.5, 0.6) is 5.75 Å². The van der Waals surface area contributed by atoms with Gasteiger partial charge in [0.15, 0.2) is 18.2 Å². The van der Waals surface area contributed by atoms with E-state index in [-0.39, 0.29) is 36.5 Å². The Kier molecular flexibility index (Phi) is 5.79. The summed E-state index contributed by atoms with van der Waals surface area (Å²) in [7, 11) is 0. The van der Waals surface area contributed by atoms with E-state index in [9.17, 15) is 14.4 Å². The summed E-state index contributed by atoms with van der Waals surface area (Å²) in [5.74, 6) is 0.423. The quantitative estimate of drug-likeness (QED) is 0.591. The summed E-state index contributed by atoms with van der Waals surface area (Å²) in [4.78, 5) is 42.2. The lowest BCUT2D eigenvalue weighted by molar-refractivity contribution is -0.121. The average Bonchev–Trinajstić information content (AvgIpc) is 3.25. The van der Waals surface area contributed by atoms with E-state index in [2.05, 4.69) is 10.3 Å². The highest BCUT2D eigenvalue weighted by atomic mass is 16.5. The number of nitrogens with one attached hydrogen (secondary N) is 1. The van der Waals surface area contributed by atoms with Gasteiger partial charge in [0.2, 0.25) is 0 Å². The van der Waals surface area contributed by atoms with Crippen LogP contribution in [0.4, 0.5) is 5.69 Å². The third-order valence-electron chi connectivity index (χ3n) is 4.90. The van der Waals surface area contributed by atoms with Gasteiger partial charge in [-0.1, -0.05) is 6.07 Å². The van der Waals surface area contributed by atoms with Crippen molar-refractivity contribution in [2.45, 2.75) is 19.9 Å². The minimum absolute atomic E-state index is 0.103. The van der Waals surface area contributed by atoms with Gasteiger partial charge in [0.1, 0.15) is 11.5 Å². The number of ketones is 1. The fourth-order valence-electron chi connectivity index (χ4n) is 3.27. The monoisotopic (exact) mass is 419 g/mol. The van der Waals surface area contributed by atoms with Crippen LogP contribution in [0.3, 0.4) is 0 Å². The molecule has 1 aromatic carbocycles. The normalized spacial score (nSPS) is 12.8. The Hall–Kier alpha value is -3.94. The van der Waals surface area contributed by atoms with Gasteiger partial charge in [-0.25, -0.2) is 0 Å². The molecule has 1 N–H and O–H groups in total. The number of furan rings is 1. The third kappa shape index (κ3) is 4.63. The van der Waals surface area contributed by atoms with Crippen LogP contribution in [0.1, 0.15) is 39.3 Å². The lowest BCUT2D eigenvalue weighted by atomic mass is 10.1. The van der Waals surface area contributed by atoms with Crippen molar-refractivity contribution >= 4 is 23.3 Å². The number of benzene rings is 1. The molecule has 0 bridgehead atoms. The largest absolute Gasteiger partial charge is 0.482 e. The van der Waals surface area contributed by atoms with Crippen LogP contribution in [0.15, 0.2) is 59.1 Å². The van der Waals surface area contributed by atoms with Gasteiger partial charge in [-0.2, -0.15) is 0 Å². The molecule has 0 unspecified atom stereocenters. The molecule has 0 fully saturated rings. The number of aromatic nitrogens is 1. The summed E-state index contributed by atoms with van der Waals surface area (Å²) >= 11 is 0. The average molecular weight is 419 g/mol. The molecule has 0 atom stereocenters. The molecule has 158 valence electrons. The van der Waals surface area contributed by atoms with Gasteiger partial charge in [-0.3, -0.25) is 24.3 Å². The number of ether oxygens (including phenoxy) is 1. The first-order valence-corrected chi connectivity index (χ1v) is 9.86. The Morgan fingerprint density at radius 2 is 2.03 bits per heavy atom. The van der Waals surface area contributed by atoms with E-state index >= 15 is 0 Å². The second-order valence-corrected chi connectivity index (χ2v) is 7.10. The fraction of sp³-hybridized carbons (Fsp3) is 0.217. The number of pyridine rings is 1. The molecular formula is C23H21N3O5. The van der Waals surface area contributed by atoms with Crippen LogP contribution in [0.25, 0.3) is 0 Å². The highest BCUT2D eigenvalue weighted by Gasteiger charge is 2.27. The van der Waals surface area contributed by atoms with E-state index in [0.717, 1.165) is 5.69 Å². The molecule has 3 heterocycles. The SMILES string of the molecule is CC(=O)c1ccc2c(c1)N(Cc1ccc(C(=O)NCCc3ccccn3)o1)C(=O)CO2. The summed E-state index contributed by atoms with van der Waals surface area (Å²) in [6.07, 6.45) is 2.32. The Morgan fingerprint density at radius 3 is 2.81 bits per heavy atom. The Morgan fingerprint density at radius 1 is 1.16 bits per heavy atom. The van der Waals surface area contributed by atoms with Crippen LogP contribution in [0.2, 0.25) is 0 Å². The molecule has 31 heavy (non-hydrogen) atoms. The standard InChI is InChI=1S/C23H21N3O5/c1-15(27)16-5-7-20-19(12-16)26(22(28)14-30-20)13-18-6-8-21(31-18)23(29)25-11-9-17-4-2-3-10-24-17/h2-8,10,12H,9,11,13-14H2,1H3,(H,25,29). The van der Waals surface area contributed by atoms with Crippen LogP contribution in [-0.4, -0.2) is 35.7 Å². The lowest BCUT2D eigenvalue weighted by Gasteiger charge is -2.29. The van der Waals surface area contributed by atoms with Crippen molar-refractivity contribution in [3.63, 3.8) is 0 Å². The summed E-state index contributed by atoms with van der Waals surface area (Å²) in [6.45, 7) is 1.91. The molecule has 3 aromatic rings. The van der Waals surface area contributed by atoms with Crippen molar-refractivity contribution in [1.82, 2.24) is 10.3 Å². The van der Waals surface area contributed by atoms with Gasteiger partial charge in [0, 0.05) is 30.4 Å². The molecule has 1 aliphatic heterocycles. The molecule has 0 spiro atoms. The zero-order valence-electron chi connectivity index (χ0n) is 17.0. The van der Waals surface area contributed by atoms with Crippen LogP contribution >= 0.6 is 0 Å². The summed E-state index contributed by atoms with van der Waals surface area (Å²) in [6, 6.07) is 13.8. The predicted octanol–water partition coefficient (Wildman–Crippen LogP) is 2.78. The van der Waals surface area contributed by atoms with Gasteiger partial charge in [0.25, 0.3) is 11.8 Å². The maximum Gasteiger partial charge on any atom is 0.287 e. The van der Waals surface area contributed by atoms with E-state index in [1.54, 1.807) is 36.5 Å². The molecule has 1 aliphatic rings. The second-order valence-electron chi connectivity index (χ2n) is 7.10. The number of hydrogen-bond acceptors (Lipinski definition) is 6. The molecule has 4 rings (SSSR count). The van der Waals surface area contributed by atoms with Gasteiger partial charge in [-0.05, 0) is 49.4 Å². The van der Waals surface area contributed by atoms with E-state index < -0.39 is 0 Å². The van der Waals surface area contributed by atoms with Gasteiger partial charge in [0.05, 0.1) is 12.2 Å². The minimum Gasteiger partial charge on any atom is -0.482 e. The topological polar surface area (TPSA) is 102 Å². The molecule has 8 heteroatoms. The number of fused-ring (bicyclic) bond motifs is 1. The van der Waals surface area contributed by atoms with Crippen molar-refractivity contribution in [3.8, 4) is 5.75 Å². The number of carbonyl (C=O) groups excluding carboxylic acids is 3. The number of Topliss-reactive ketones (excluding diaryl/α,β-unsaturated/α-hetero) is 1. The highest BCUT2D eigenvalue weighted by Crippen LogP contribution is 2.34. The zero-order valence-corrected chi connectivity index (χ0v) is 17.0. The van der Waals surface area contributed by atoms with Crippen molar-refractivity contribution < 1.29 is 23.5 Å². The second kappa shape index (κ2) is 8.83. The lowest BCUT2D eigenvalue weighted by Crippen LogP contribution is -2.38. The van der Waals surface area contributed by atoms with E-state index in [1.165, 1.54) is 11.8 Å². The van der Waals surface area contributed by atoms with Crippen molar-refractivity contribution in [2.24, 2.45) is 0 Å². The number of anilines is 1. The first-order chi connectivity index (χ1) is 15.0. The Labute approximate surface area is 178 Å². The van der Waals surface area contributed by atoms with E-state index in [1.807, 2.05) is 18.2 Å². The summed E-state index contributed by atoms with van der Waals surface area (Å²) in [5.41, 5.74) is 1.87. The van der Waals surface area contributed by atoms with E-state index in [4.69, 9.17) is 9.15 Å². The van der Waals surface area contributed by atoms with Crippen LogP contribution < -0.4 is 15.0 Å². The van der Waals surface area contributed by atoms with Gasteiger partial charge >= 0.3 is 0 Å². The molecule has 0 aliphatic carbocycles. The van der Waals surface area contributed by atoms with Crippen LogP contribution in [-0.2, 0) is 17.8 Å². The first-order valence-electron chi connectivity index (χ1n) is 9.86. The molecular weight excluding hydrogens is 398 g/mol. The number of amides is 2. The van der Waals surface area contributed by atoms with E-state index in [0.29, 0.717) is 35.7 Å². The Balaban J connectivity index is 1.43. The number of hydrogen-bond donors (Lipinski definition) is 1. The summed E-state index contributed by atoms with van der Waals surface area (Å²) in [5, 5.41) is 2.80. The third-order valence-corrected chi connectivity index (χ3v) is 4.90. The van der Waals surface area contributed by atoms with Crippen LogP contribution in [0, 0.1) is 0 Å². The first kappa shape index (κ1) is 20.3. The molecule has 0 saturated heterocycles. The fourth-order valence-corrected chi connectivity index (χ4v) is 3.27. The smallest absolute Gasteiger partial charge is 0.287 e. The van der Waals surface area contributed by atoms with Crippen molar-refractivity contribution in [3.05, 3.63) is 77.5 Å². The number of nitrogens with zero attached hydrogens (tertiary/aromatic N) is 2. The van der Waals surface area contributed by atoms with Gasteiger partial charge < -0.3 is 14.5 Å². The van der Waals surface area contributed by atoms with Crippen molar-refractivity contribution in [2.75, 3.05) is 18.1 Å².